The summed E-state index contributed by atoms with van der Waals surface area (Å²) >= 11 is 3.64. The number of hydrogen-bond acceptors (Lipinski definition) is 2. The molecule has 2 nitrogen and oxygen atoms in total. The van der Waals surface area contributed by atoms with Crippen molar-refractivity contribution in [1.82, 2.24) is 9.80 Å². The van der Waals surface area contributed by atoms with E-state index >= 15 is 0 Å². The molecule has 0 aromatic heterocycles. The van der Waals surface area contributed by atoms with Crippen LogP contribution in [0.5, 0.6) is 0 Å². The van der Waals surface area contributed by atoms with Gasteiger partial charge in [0.1, 0.15) is 0 Å². The smallest absolute Gasteiger partial charge is 0.0109 e. The van der Waals surface area contributed by atoms with Crippen molar-refractivity contribution in [2.24, 2.45) is 5.41 Å². The zero-order valence-corrected chi connectivity index (χ0v) is 11.4. The normalized spacial score (nSPS) is 25.0. The molecule has 1 aliphatic heterocycles. The molecule has 0 N–H and O–H groups in total. The quantitative estimate of drug-likeness (QED) is 0.686. The van der Waals surface area contributed by atoms with Crippen molar-refractivity contribution in [2.45, 2.75) is 25.7 Å². The van der Waals surface area contributed by atoms with E-state index in [2.05, 4.69) is 32.8 Å². The molecular weight excluding hydrogens is 252 g/mol. The molecule has 0 amide bonds. The predicted molar refractivity (Wildman–Crippen MR) is 68.6 cm³/mol. The topological polar surface area (TPSA) is 6.48 Å². The second-order valence-corrected chi connectivity index (χ2v) is 5.98. The van der Waals surface area contributed by atoms with Crippen LogP contribution in [0.15, 0.2) is 0 Å². The van der Waals surface area contributed by atoms with Gasteiger partial charge in [0, 0.05) is 25.0 Å². The van der Waals surface area contributed by atoms with Crippen LogP contribution in [0.3, 0.4) is 0 Å². The Labute approximate surface area is 102 Å². The van der Waals surface area contributed by atoms with E-state index in [1.54, 1.807) is 0 Å². The van der Waals surface area contributed by atoms with Gasteiger partial charge in [-0.1, -0.05) is 15.9 Å². The third-order valence-corrected chi connectivity index (χ3v) is 5.03. The molecule has 2 rings (SSSR count). The number of hydrogen-bond donors (Lipinski definition) is 0. The van der Waals surface area contributed by atoms with E-state index < -0.39 is 0 Å². The number of alkyl halides is 1. The molecule has 2 fully saturated rings. The van der Waals surface area contributed by atoms with Crippen molar-refractivity contribution in [3.05, 3.63) is 0 Å². The number of rotatable bonds is 6. The second kappa shape index (κ2) is 5.15. The summed E-state index contributed by atoms with van der Waals surface area (Å²) in [5.41, 5.74) is 0.639. The van der Waals surface area contributed by atoms with E-state index in [9.17, 15) is 0 Å². The lowest BCUT2D eigenvalue weighted by molar-refractivity contribution is 0.231. The van der Waals surface area contributed by atoms with Gasteiger partial charge in [0.25, 0.3) is 0 Å². The molecule has 0 radical (unpaired) electrons. The van der Waals surface area contributed by atoms with Crippen LogP contribution in [0.4, 0.5) is 0 Å². The van der Waals surface area contributed by atoms with Gasteiger partial charge >= 0.3 is 0 Å². The summed E-state index contributed by atoms with van der Waals surface area (Å²) in [7, 11) is 2.28. The molecule has 15 heavy (non-hydrogen) atoms. The molecule has 0 atom stereocenters. The second-order valence-electron chi connectivity index (χ2n) is 5.42. The van der Waals surface area contributed by atoms with Gasteiger partial charge in [-0.3, -0.25) is 0 Å². The molecule has 3 heteroatoms. The van der Waals surface area contributed by atoms with Gasteiger partial charge in [-0.25, -0.2) is 0 Å². The van der Waals surface area contributed by atoms with Gasteiger partial charge < -0.3 is 9.80 Å². The molecule has 0 aromatic rings. The van der Waals surface area contributed by atoms with E-state index in [-0.39, 0.29) is 0 Å². The van der Waals surface area contributed by atoms with Gasteiger partial charge in [-0.2, -0.15) is 0 Å². The molecule has 88 valence electrons. The lowest BCUT2D eigenvalue weighted by atomic mass is 10.1. The molecule has 0 aromatic carbocycles. The summed E-state index contributed by atoms with van der Waals surface area (Å²) in [4.78, 5) is 5.12. The van der Waals surface area contributed by atoms with Crippen molar-refractivity contribution in [3.63, 3.8) is 0 Å². The lowest BCUT2D eigenvalue weighted by Crippen LogP contribution is -2.35. The fourth-order valence-corrected chi connectivity index (χ4v) is 3.22. The third-order valence-electron chi connectivity index (χ3n) is 3.84. The molecular formula is C12H23BrN2. The minimum Gasteiger partial charge on any atom is -0.305 e. The van der Waals surface area contributed by atoms with Crippen LogP contribution in [-0.2, 0) is 0 Å². The Balaban J connectivity index is 1.61. The first kappa shape index (κ1) is 11.9. The Morgan fingerprint density at radius 2 is 1.93 bits per heavy atom. The molecule has 1 heterocycles. The Bertz CT molecular complexity index is 198. The highest BCUT2D eigenvalue weighted by molar-refractivity contribution is 9.09. The Morgan fingerprint density at radius 1 is 1.27 bits per heavy atom. The fourth-order valence-electron chi connectivity index (χ4n) is 2.48. The van der Waals surface area contributed by atoms with Crippen LogP contribution in [-0.4, -0.2) is 54.9 Å². The van der Waals surface area contributed by atoms with Gasteiger partial charge in [-0.15, -0.1) is 0 Å². The summed E-state index contributed by atoms with van der Waals surface area (Å²) in [6.07, 6.45) is 5.67. The molecule has 1 saturated heterocycles. The average molecular weight is 275 g/mol. The van der Waals surface area contributed by atoms with Crippen LogP contribution in [0.2, 0.25) is 0 Å². The maximum Gasteiger partial charge on any atom is 0.0109 e. The lowest BCUT2D eigenvalue weighted by Gasteiger charge is -2.24. The van der Waals surface area contributed by atoms with Crippen LogP contribution in [0.25, 0.3) is 0 Å². The summed E-state index contributed by atoms with van der Waals surface area (Å²) in [5, 5.41) is 1.19. The van der Waals surface area contributed by atoms with Crippen LogP contribution >= 0.6 is 15.9 Å². The maximum absolute atomic E-state index is 3.64. The van der Waals surface area contributed by atoms with Crippen LogP contribution in [0, 0.1) is 5.41 Å². The van der Waals surface area contributed by atoms with E-state index in [4.69, 9.17) is 0 Å². The van der Waals surface area contributed by atoms with Crippen molar-refractivity contribution in [2.75, 3.05) is 45.1 Å². The highest BCUT2D eigenvalue weighted by atomic mass is 79.9. The van der Waals surface area contributed by atoms with Crippen molar-refractivity contribution < 1.29 is 0 Å². The first-order valence-corrected chi connectivity index (χ1v) is 7.33. The summed E-state index contributed by atoms with van der Waals surface area (Å²) in [6, 6.07) is 0. The fraction of sp³-hybridized carbons (Fsp3) is 1.00. The number of halogens is 1. The number of likely N-dealkylation sites (N-methyl/N-ethyl adjacent to an activating group) is 1. The minimum atomic E-state index is 0.639. The van der Waals surface area contributed by atoms with E-state index in [1.165, 1.54) is 63.7 Å². The van der Waals surface area contributed by atoms with E-state index in [0.29, 0.717) is 5.41 Å². The van der Waals surface area contributed by atoms with Gasteiger partial charge in [0.2, 0.25) is 0 Å². The molecule has 1 saturated carbocycles. The molecule has 2 aliphatic rings. The SMILES string of the molecule is CN(CCN1CCCC1)CC1(CBr)CC1. The molecule has 0 unspecified atom stereocenters. The average Bonchev–Trinajstić information content (AvgIpc) is 2.80. The standard InChI is InChI=1S/C12H23BrN2/c1-14(11-12(10-13)4-5-12)8-9-15-6-2-3-7-15/h2-11H2,1H3. The van der Waals surface area contributed by atoms with Crippen molar-refractivity contribution >= 4 is 15.9 Å². The zero-order valence-electron chi connectivity index (χ0n) is 9.84. The Hall–Kier alpha value is 0.400. The minimum absolute atomic E-state index is 0.639. The van der Waals surface area contributed by atoms with E-state index in [1.807, 2.05) is 0 Å². The van der Waals surface area contributed by atoms with E-state index in [0.717, 1.165) is 0 Å². The largest absolute Gasteiger partial charge is 0.305 e. The van der Waals surface area contributed by atoms with Gasteiger partial charge in [-0.05, 0) is 51.2 Å². The Morgan fingerprint density at radius 3 is 2.47 bits per heavy atom. The highest BCUT2D eigenvalue weighted by Crippen LogP contribution is 2.47. The number of likely N-dealkylation sites (tertiary alicyclic amines) is 1. The van der Waals surface area contributed by atoms with Gasteiger partial charge in [0.15, 0.2) is 0 Å². The van der Waals surface area contributed by atoms with Crippen LogP contribution in [0.1, 0.15) is 25.7 Å². The predicted octanol–water partition coefficient (Wildman–Crippen LogP) is 2.19. The van der Waals surface area contributed by atoms with Gasteiger partial charge in [0.05, 0.1) is 0 Å². The molecule has 1 aliphatic carbocycles. The first-order chi connectivity index (χ1) is 7.24. The Kier molecular flexibility index (Phi) is 4.08. The van der Waals surface area contributed by atoms with Crippen LogP contribution < -0.4 is 0 Å². The third kappa shape index (κ3) is 3.43. The monoisotopic (exact) mass is 274 g/mol. The highest BCUT2D eigenvalue weighted by Gasteiger charge is 2.41. The first-order valence-electron chi connectivity index (χ1n) is 6.21. The van der Waals surface area contributed by atoms with Crippen molar-refractivity contribution in [3.8, 4) is 0 Å². The van der Waals surface area contributed by atoms with Crippen molar-refractivity contribution in [1.29, 1.82) is 0 Å². The zero-order chi connectivity index (χ0) is 10.7. The summed E-state index contributed by atoms with van der Waals surface area (Å²) < 4.78 is 0. The maximum atomic E-state index is 3.64. The summed E-state index contributed by atoms with van der Waals surface area (Å²) in [6.45, 7) is 6.46. The molecule has 0 spiro atoms. The summed E-state index contributed by atoms with van der Waals surface area (Å²) in [5.74, 6) is 0. The number of nitrogens with zero attached hydrogens (tertiary/aromatic N) is 2. The molecule has 0 bridgehead atoms.